The SMILES string of the molecule is CCNC(C)(CC(C)OC1CCCC(C)C1)C(=O)O. The minimum absolute atomic E-state index is 0.0320. The smallest absolute Gasteiger partial charge is 0.323 e. The second kappa shape index (κ2) is 7.25. The van der Waals surface area contributed by atoms with Crippen LogP contribution in [0.4, 0.5) is 0 Å². The van der Waals surface area contributed by atoms with Gasteiger partial charge >= 0.3 is 5.97 Å². The normalized spacial score (nSPS) is 28.6. The number of ether oxygens (including phenoxy) is 1. The highest BCUT2D eigenvalue weighted by Crippen LogP contribution is 2.27. The van der Waals surface area contributed by atoms with Crippen LogP contribution in [0.5, 0.6) is 0 Å². The van der Waals surface area contributed by atoms with Crippen molar-refractivity contribution < 1.29 is 14.6 Å². The van der Waals surface area contributed by atoms with Crippen LogP contribution in [-0.4, -0.2) is 35.4 Å². The summed E-state index contributed by atoms with van der Waals surface area (Å²) < 4.78 is 6.05. The molecule has 4 heteroatoms. The Morgan fingerprint density at radius 3 is 2.74 bits per heavy atom. The molecule has 1 saturated carbocycles. The number of carboxylic acid groups (broad SMARTS) is 1. The molecule has 1 aliphatic rings. The van der Waals surface area contributed by atoms with E-state index in [1.54, 1.807) is 6.92 Å². The van der Waals surface area contributed by atoms with Gasteiger partial charge in [-0.25, -0.2) is 0 Å². The van der Waals surface area contributed by atoms with Crippen LogP contribution >= 0.6 is 0 Å². The Morgan fingerprint density at radius 2 is 2.21 bits per heavy atom. The monoisotopic (exact) mass is 271 g/mol. The predicted octanol–water partition coefficient (Wildman–Crippen LogP) is 2.81. The van der Waals surface area contributed by atoms with Crippen LogP contribution in [0.1, 0.15) is 59.8 Å². The third kappa shape index (κ3) is 5.11. The third-order valence-corrected chi connectivity index (χ3v) is 4.05. The van der Waals surface area contributed by atoms with E-state index in [-0.39, 0.29) is 6.10 Å². The van der Waals surface area contributed by atoms with Crippen molar-refractivity contribution in [1.29, 1.82) is 0 Å². The number of nitrogens with one attached hydrogen (secondary N) is 1. The molecule has 19 heavy (non-hydrogen) atoms. The molecule has 0 aromatic carbocycles. The molecule has 0 saturated heterocycles. The van der Waals surface area contributed by atoms with Crippen LogP contribution in [0.3, 0.4) is 0 Å². The van der Waals surface area contributed by atoms with Crippen LogP contribution in [0.2, 0.25) is 0 Å². The van der Waals surface area contributed by atoms with Gasteiger partial charge in [-0.1, -0.05) is 26.7 Å². The van der Waals surface area contributed by atoms with Crippen molar-refractivity contribution in [3.63, 3.8) is 0 Å². The summed E-state index contributed by atoms with van der Waals surface area (Å²) in [5.41, 5.74) is -0.894. The lowest BCUT2D eigenvalue weighted by molar-refractivity contribution is -0.146. The molecule has 1 rings (SSSR count). The molecule has 0 aromatic rings. The number of carboxylic acids is 1. The van der Waals surface area contributed by atoms with Crippen LogP contribution < -0.4 is 5.32 Å². The molecular weight excluding hydrogens is 242 g/mol. The molecule has 0 aromatic heterocycles. The Kier molecular flexibility index (Phi) is 6.27. The van der Waals surface area contributed by atoms with Gasteiger partial charge in [-0.3, -0.25) is 4.79 Å². The molecule has 0 bridgehead atoms. The van der Waals surface area contributed by atoms with Crippen molar-refractivity contribution in [3.8, 4) is 0 Å². The zero-order chi connectivity index (χ0) is 14.5. The van der Waals surface area contributed by atoms with Crippen molar-refractivity contribution in [2.75, 3.05) is 6.54 Å². The van der Waals surface area contributed by atoms with E-state index in [0.717, 1.165) is 18.8 Å². The summed E-state index contributed by atoms with van der Waals surface area (Å²) in [5.74, 6) is -0.0765. The van der Waals surface area contributed by atoms with Gasteiger partial charge in [0.25, 0.3) is 0 Å². The maximum atomic E-state index is 11.4. The number of hydrogen-bond donors (Lipinski definition) is 2. The minimum atomic E-state index is -0.894. The first-order valence-corrected chi connectivity index (χ1v) is 7.51. The average molecular weight is 271 g/mol. The quantitative estimate of drug-likeness (QED) is 0.747. The summed E-state index contributed by atoms with van der Waals surface area (Å²) in [7, 11) is 0. The summed E-state index contributed by atoms with van der Waals surface area (Å²) >= 11 is 0. The van der Waals surface area contributed by atoms with Gasteiger partial charge in [0.2, 0.25) is 0 Å². The molecule has 2 N–H and O–H groups in total. The molecule has 0 radical (unpaired) electrons. The van der Waals surface area contributed by atoms with Gasteiger partial charge in [0.15, 0.2) is 0 Å². The Labute approximate surface area is 116 Å². The molecular formula is C15H29NO3. The van der Waals surface area contributed by atoms with Crippen LogP contribution in [0.15, 0.2) is 0 Å². The van der Waals surface area contributed by atoms with E-state index in [9.17, 15) is 9.90 Å². The maximum absolute atomic E-state index is 11.4. The van der Waals surface area contributed by atoms with E-state index >= 15 is 0 Å². The lowest BCUT2D eigenvalue weighted by Gasteiger charge is -2.33. The maximum Gasteiger partial charge on any atom is 0.323 e. The lowest BCUT2D eigenvalue weighted by Crippen LogP contribution is -2.51. The van der Waals surface area contributed by atoms with E-state index in [4.69, 9.17) is 4.74 Å². The number of likely N-dealkylation sites (N-methyl/N-ethyl adjacent to an activating group) is 1. The first-order valence-electron chi connectivity index (χ1n) is 7.51. The molecule has 1 fully saturated rings. The zero-order valence-corrected chi connectivity index (χ0v) is 12.7. The first-order chi connectivity index (χ1) is 8.87. The Morgan fingerprint density at radius 1 is 1.53 bits per heavy atom. The zero-order valence-electron chi connectivity index (χ0n) is 12.7. The molecule has 0 aliphatic heterocycles. The van der Waals surface area contributed by atoms with Crippen molar-refractivity contribution >= 4 is 5.97 Å². The van der Waals surface area contributed by atoms with Gasteiger partial charge in [0.1, 0.15) is 5.54 Å². The standard InChI is InChI=1S/C15H29NO3/c1-5-16-15(4,14(17)18)10-12(3)19-13-8-6-7-11(2)9-13/h11-13,16H,5-10H2,1-4H3,(H,17,18). The van der Waals surface area contributed by atoms with Crippen LogP contribution in [0.25, 0.3) is 0 Å². The molecule has 112 valence electrons. The van der Waals surface area contributed by atoms with E-state index < -0.39 is 11.5 Å². The molecule has 0 amide bonds. The number of aliphatic carboxylic acids is 1. The summed E-state index contributed by atoms with van der Waals surface area (Å²) in [6, 6.07) is 0. The predicted molar refractivity (Wildman–Crippen MR) is 76.3 cm³/mol. The first kappa shape index (κ1) is 16.4. The van der Waals surface area contributed by atoms with Crippen LogP contribution in [-0.2, 0) is 9.53 Å². The van der Waals surface area contributed by atoms with E-state index in [2.05, 4.69) is 12.2 Å². The second-order valence-electron chi connectivity index (χ2n) is 6.21. The van der Waals surface area contributed by atoms with Crippen molar-refractivity contribution in [1.82, 2.24) is 5.32 Å². The summed E-state index contributed by atoms with van der Waals surface area (Å²) in [5, 5.41) is 12.4. The third-order valence-electron chi connectivity index (χ3n) is 4.05. The Hall–Kier alpha value is -0.610. The number of carbonyl (C=O) groups is 1. The second-order valence-corrected chi connectivity index (χ2v) is 6.21. The fourth-order valence-electron chi connectivity index (χ4n) is 3.08. The molecule has 0 heterocycles. The summed E-state index contributed by atoms with van der Waals surface area (Å²) in [4.78, 5) is 11.4. The van der Waals surface area contributed by atoms with E-state index in [0.29, 0.717) is 19.1 Å². The van der Waals surface area contributed by atoms with Gasteiger partial charge in [-0.05, 0) is 39.2 Å². The van der Waals surface area contributed by atoms with Gasteiger partial charge in [-0.2, -0.15) is 0 Å². The van der Waals surface area contributed by atoms with Gasteiger partial charge in [0.05, 0.1) is 12.2 Å². The van der Waals surface area contributed by atoms with Crippen LogP contribution in [0, 0.1) is 5.92 Å². The molecule has 1 aliphatic carbocycles. The van der Waals surface area contributed by atoms with Crippen molar-refractivity contribution in [2.24, 2.45) is 5.92 Å². The van der Waals surface area contributed by atoms with Gasteiger partial charge < -0.3 is 15.2 Å². The van der Waals surface area contributed by atoms with Gasteiger partial charge in [0, 0.05) is 6.42 Å². The fourth-order valence-corrected chi connectivity index (χ4v) is 3.08. The highest BCUT2D eigenvalue weighted by atomic mass is 16.5. The Balaban J connectivity index is 2.48. The van der Waals surface area contributed by atoms with Crippen molar-refractivity contribution in [3.05, 3.63) is 0 Å². The molecule has 4 atom stereocenters. The van der Waals surface area contributed by atoms with E-state index in [1.807, 2.05) is 13.8 Å². The topological polar surface area (TPSA) is 58.6 Å². The lowest BCUT2D eigenvalue weighted by atomic mass is 9.88. The minimum Gasteiger partial charge on any atom is -0.480 e. The number of rotatable bonds is 7. The van der Waals surface area contributed by atoms with Gasteiger partial charge in [-0.15, -0.1) is 0 Å². The molecule has 0 spiro atoms. The highest BCUT2D eigenvalue weighted by molar-refractivity contribution is 5.78. The highest BCUT2D eigenvalue weighted by Gasteiger charge is 2.35. The summed E-state index contributed by atoms with van der Waals surface area (Å²) in [6.07, 6.45) is 5.50. The molecule has 4 unspecified atom stereocenters. The summed E-state index contributed by atoms with van der Waals surface area (Å²) in [6.45, 7) is 8.56. The van der Waals surface area contributed by atoms with Crippen molar-refractivity contribution in [2.45, 2.75) is 77.5 Å². The molecule has 4 nitrogen and oxygen atoms in total. The largest absolute Gasteiger partial charge is 0.480 e. The number of hydrogen-bond acceptors (Lipinski definition) is 3. The Bertz CT molecular complexity index is 295. The fraction of sp³-hybridized carbons (Fsp3) is 0.933. The van der Waals surface area contributed by atoms with E-state index in [1.165, 1.54) is 12.8 Å². The average Bonchev–Trinajstić information content (AvgIpc) is 2.28.